The lowest BCUT2D eigenvalue weighted by atomic mass is 9.93. The van der Waals surface area contributed by atoms with Crippen LogP contribution in [0.1, 0.15) is 22.8 Å². The Morgan fingerprint density at radius 1 is 1.27 bits per heavy atom. The van der Waals surface area contributed by atoms with Gasteiger partial charge in [0, 0.05) is 25.2 Å². The van der Waals surface area contributed by atoms with E-state index in [1.165, 1.54) is 13.1 Å². The van der Waals surface area contributed by atoms with Gasteiger partial charge in [-0.05, 0) is 24.6 Å². The molecule has 1 amide bonds. The maximum absolute atomic E-state index is 11.8. The summed E-state index contributed by atoms with van der Waals surface area (Å²) in [5, 5.41) is 14.1. The molecule has 0 aliphatic carbocycles. The second-order valence-corrected chi connectivity index (χ2v) is 6.41. The molecule has 0 spiro atoms. The first-order valence-corrected chi connectivity index (χ1v) is 8.39. The van der Waals surface area contributed by atoms with E-state index in [0.29, 0.717) is 25.4 Å². The lowest BCUT2D eigenvalue weighted by molar-refractivity contribution is -0.384. The van der Waals surface area contributed by atoms with Gasteiger partial charge in [-0.1, -0.05) is 30.3 Å². The normalized spacial score (nSPS) is 19.8. The third-order valence-electron chi connectivity index (χ3n) is 4.66. The maximum Gasteiger partial charge on any atom is 0.293 e. The molecule has 1 fully saturated rings. The molecule has 1 atom stereocenters. The van der Waals surface area contributed by atoms with Gasteiger partial charge < -0.3 is 15.0 Å². The Morgan fingerprint density at radius 2 is 2.00 bits per heavy atom. The molecule has 1 N–H and O–H groups in total. The Hall–Kier alpha value is -2.93. The second kappa shape index (κ2) is 7.13. The molecule has 7 nitrogen and oxygen atoms in total. The van der Waals surface area contributed by atoms with Crippen LogP contribution in [0.2, 0.25) is 0 Å². The van der Waals surface area contributed by atoms with Gasteiger partial charge in [0.1, 0.15) is 11.3 Å². The van der Waals surface area contributed by atoms with Crippen LogP contribution in [-0.2, 0) is 10.3 Å². The van der Waals surface area contributed by atoms with Crippen LogP contribution >= 0.6 is 0 Å². The number of carbonyl (C=O) groups is 1. The molecule has 136 valence electrons. The Morgan fingerprint density at radius 3 is 2.65 bits per heavy atom. The highest BCUT2D eigenvalue weighted by atomic mass is 16.6. The number of nitrogens with one attached hydrogen (secondary N) is 1. The monoisotopic (exact) mass is 355 g/mol. The van der Waals surface area contributed by atoms with E-state index < -0.39 is 10.5 Å². The van der Waals surface area contributed by atoms with Crippen molar-refractivity contribution in [2.75, 3.05) is 31.6 Å². The Bertz CT molecular complexity index is 825. The number of hydrogen-bond donors (Lipinski definition) is 1. The van der Waals surface area contributed by atoms with Crippen LogP contribution < -0.4 is 10.2 Å². The molecule has 1 heterocycles. The van der Waals surface area contributed by atoms with Crippen molar-refractivity contribution in [3.63, 3.8) is 0 Å². The summed E-state index contributed by atoms with van der Waals surface area (Å²) in [5.74, 6) is -0.351. The predicted octanol–water partition coefficient (Wildman–Crippen LogP) is 2.71. The average molecular weight is 355 g/mol. The average Bonchev–Trinajstić information content (AvgIpc) is 2.67. The van der Waals surface area contributed by atoms with Gasteiger partial charge in [0.05, 0.1) is 18.1 Å². The van der Waals surface area contributed by atoms with Gasteiger partial charge >= 0.3 is 0 Å². The highest BCUT2D eigenvalue weighted by Gasteiger charge is 2.36. The number of nitrogens with zero attached hydrogens (tertiary/aromatic N) is 2. The van der Waals surface area contributed by atoms with E-state index in [1.54, 1.807) is 12.1 Å². The molecule has 2 aromatic carbocycles. The van der Waals surface area contributed by atoms with E-state index in [2.05, 4.69) is 5.32 Å². The van der Waals surface area contributed by atoms with Gasteiger partial charge in [-0.2, -0.15) is 0 Å². The molecule has 0 saturated carbocycles. The molecule has 7 heteroatoms. The second-order valence-electron chi connectivity index (χ2n) is 6.41. The molecule has 0 aromatic heterocycles. The zero-order chi connectivity index (χ0) is 18.7. The zero-order valence-corrected chi connectivity index (χ0v) is 14.8. The number of nitro groups is 1. The minimum absolute atomic E-state index is 0.0802. The van der Waals surface area contributed by atoms with Gasteiger partial charge in [0.25, 0.3) is 11.6 Å². The lowest BCUT2D eigenvalue weighted by Gasteiger charge is -2.41. The molecule has 26 heavy (non-hydrogen) atoms. The fraction of sp³-hybridized carbons (Fsp3) is 0.316. The molecule has 3 rings (SSSR count). The molecule has 1 saturated heterocycles. The zero-order valence-electron chi connectivity index (χ0n) is 14.8. The van der Waals surface area contributed by atoms with Crippen LogP contribution in [0.3, 0.4) is 0 Å². The number of nitro benzene ring substituents is 1. The fourth-order valence-corrected chi connectivity index (χ4v) is 3.26. The van der Waals surface area contributed by atoms with Crippen LogP contribution in [0, 0.1) is 10.1 Å². The topological polar surface area (TPSA) is 84.7 Å². The molecule has 1 aliphatic heterocycles. The van der Waals surface area contributed by atoms with Crippen LogP contribution in [0.4, 0.5) is 11.4 Å². The van der Waals surface area contributed by atoms with Crippen molar-refractivity contribution in [2.24, 2.45) is 0 Å². The summed E-state index contributed by atoms with van der Waals surface area (Å²) in [6, 6.07) is 14.4. The first-order chi connectivity index (χ1) is 12.4. The first kappa shape index (κ1) is 17.9. The number of amides is 1. The number of carbonyl (C=O) groups excluding carboxylic acids is 1. The van der Waals surface area contributed by atoms with Crippen LogP contribution in [0.15, 0.2) is 48.5 Å². The van der Waals surface area contributed by atoms with E-state index >= 15 is 0 Å². The van der Waals surface area contributed by atoms with E-state index in [9.17, 15) is 14.9 Å². The summed E-state index contributed by atoms with van der Waals surface area (Å²) in [4.78, 5) is 24.9. The molecule has 1 aliphatic rings. The molecular weight excluding hydrogens is 334 g/mol. The van der Waals surface area contributed by atoms with E-state index in [1.807, 2.05) is 42.2 Å². The number of benzene rings is 2. The number of hydrogen-bond acceptors (Lipinski definition) is 5. The van der Waals surface area contributed by atoms with Crippen molar-refractivity contribution >= 4 is 17.3 Å². The van der Waals surface area contributed by atoms with Gasteiger partial charge in [0.15, 0.2) is 0 Å². The van der Waals surface area contributed by atoms with E-state index in [0.717, 1.165) is 5.56 Å². The van der Waals surface area contributed by atoms with Crippen molar-refractivity contribution in [1.29, 1.82) is 0 Å². The van der Waals surface area contributed by atoms with Crippen molar-refractivity contribution in [3.8, 4) is 0 Å². The Balaban J connectivity index is 1.95. The maximum atomic E-state index is 11.8. The summed E-state index contributed by atoms with van der Waals surface area (Å²) < 4.78 is 6.01. The van der Waals surface area contributed by atoms with Crippen molar-refractivity contribution in [3.05, 3.63) is 69.8 Å². The molecular formula is C19H21N3O4. The van der Waals surface area contributed by atoms with Gasteiger partial charge in [0.2, 0.25) is 0 Å². The molecule has 1 unspecified atom stereocenters. The minimum Gasteiger partial charge on any atom is -0.367 e. The minimum atomic E-state index is -0.563. The van der Waals surface area contributed by atoms with Crippen LogP contribution in [0.5, 0.6) is 0 Å². The molecule has 0 bridgehead atoms. The summed E-state index contributed by atoms with van der Waals surface area (Å²) in [7, 11) is 1.50. The largest absolute Gasteiger partial charge is 0.367 e. The standard InChI is InChI=1S/C19H21N3O4/c1-19(15-6-4-3-5-7-15)13-21(10-11-26-19)16-9-8-14(18(23)20-2)12-17(16)22(24)25/h3-9,12H,10-11,13H2,1-2H3,(H,20,23). The van der Waals surface area contributed by atoms with Crippen molar-refractivity contribution < 1.29 is 14.5 Å². The fourth-order valence-electron chi connectivity index (χ4n) is 3.26. The first-order valence-electron chi connectivity index (χ1n) is 8.39. The summed E-state index contributed by atoms with van der Waals surface area (Å²) >= 11 is 0. The van der Waals surface area contributed by atoms with Gasteiger partial charge in [-0.15, -0.1) is 0 Å². The Labute approximate surface area is 151 Å². The number of ether oxygens (including phenoxy) is 1. The third-order valence-corrected chi connectivity index (χ3v) is 4.66. The summed E-state index contributed by atoms with van der Waals surface area (Å²) in [6.07, 6.45) is 0. The summed E-state index contributed by atoms with van der Waals surface area (Å²) in [5.41, 5.74) is 1.14. The number of morpholine rings is 1. The van der Waals surface area contributed by atoms with E-state index in [-0.39, 0.29) is 17.2 Å². The number of anilines is 1. The highest BCUT2D eigenvalue weighted by molar-refractivity contribution is 5.95. The lowest BCUT2D eigenvalue weighted by Crippen LogP contribution is -2.48. The van der Waals surface area contributed by atoms with Gasteiger partial charge in [-0.3, -0.25) is 14.9 Å². The quantitative estimate of drug-likeness (QED) is 0.673. The van der Waals surface area contributed by atoms with Gasteiger partial charge in [-0.25, -0.2) is 0 Å². The van der Waals surface area contributed by atoms with Crippen molar-refractivity contribution in [1.82, 2.24) is 5.32 Å². The predicted molar refractivity (Wildman–Crippen MR) is 98.4 cm³/mol. The van der Waals surface area contributed by atoms with Crippen molar-refractivity contribution in [2.45, 2.75) is 12.5 Å². The number of rotatable bonds is 4. The van der Waals surface area contributed by atoms with E-state index in [4.69, 9.17) is 4.74 Å². The van der Waals surface area contributed by atoms with Crippen LogP contribution in [0.25, 0.3) is 0 Å². The SMILES string of the molecule is CNC(=O)c1ccc(N2CCOC(C)(c3ccccc3)C2)c([N+](=O)[O-])c1. The van der Waals surface area contributed by atoms with Crippen LogP contribution in [-0.4, -0.2) is 37.6 Å². The summed E-state index contributed by atoms with van der Waals surface area (Å²) in [6.45, 7) is 3.47. The smallest absolute Gasteiger partial charge is 0.293 e. The third kappa shape index (κ3) is 3.39. The highest BCUT2D eigenvalue weighted by Crippen LogP contribution is 2.36. The molecule has 2 aromatic rings. The molecule has 0 radical (unpaired) electrons. The Kier molecular flexibility index (Phi) is 4.90.